The number of allylic oxidation sites excluding steroid dienone is 2. The Kier molecular flexibility index (Phi) is 26.9. The van der Waals surface area contributed by atoms with Gasteiger partial charge < -0.3 is 15.3 Å². The van der Waals surface area contributed by atoms with E-state index in [1.165, 1.54) is 70.6 Å². The first-order valence-corrected chi connectivity index (χ1v) is 12.8. The standard InChI is InChI=1S/C18H34O2.C4H6O7S.Na.H/c1-2-3-4-5-6-7-8-9-10-11-12-13-14-15-16-17-18(19)20;5-3(6)1-2(4(7)8)12(9,10)11;;/h9-10H,2-8,11-17H2,1H3,(H,19,20);2H,1H2,(H,5,6)(H,7,8)(H,9,10,11);;/b10-9-;;;. The van der Waals surface area contributed by atoms with Crippen molar-refractivity contribution in [2.45, 2.75) is 108 Å². The van der Waals surface area contributed by atoms with Gasteiger partial charge in [0.2, 0.25) is 0 Å². The number of aliphatic carboxylic acids is 3. The molecule has 33 heavy (non-hydrogen) atoms. The molecule has 4 N–H and O–H groups in total. The fourth-order valence-electron chi connectivity index (χ4n) is 2.83. The Labute approximate surface area is 220 Å². The van der Waals surface area contributed by atoms with E-state index in [1.54, 1.807) is 0 Å². The van der Waals surface area contributed by atoms with E-state index < -0.39 is 39.7 Å². The van der Waals surface area contributed by atoms with Crippen molar-refractivity contribution < 1.29 is 42.7 Å². The van der Waals surface area contributed by atoms with Crippen molar-refractivity contribution in [3.63, 3.8) is 0 Å². The summed E-state index contributed by atoms with van der Waals surface area (Å²) in [6, 6.07) is 0. The minimum absolute atomic E-state index is 0. The van der Waals surface area contributed by atoms with Crippen LogP contribution in [0.5, 0.6) is 0 Å². The molecule has 0 bridgehead atoms. The molecule has 0 aromatic heterocycles. The van der Waals surface area contributed by atoms with Gasteiger partial charge in [-0.25, -0.2) is 0 Å². The third kappa shape index (κ3) is 29.0. The Morgan fingerprint density at radius 1 is 0.727 bits per heavy atom. The third-order valence-corrected chi connectivity index (χ3v) is 5.73. The number of rotatable bonds is 19. The predicted molar refractivity (Wildman–Crippen MR) is 129 cm³/mol. The van der Waals surface area contributed by atoms with Crippen molar-refractivity contribution in [3.05, 3.63) is 12.2 Å². The van der Waals surface area contributed by atoms with E-state index in [0.717, 1.165) is 12.8 Å². The SMILES string of the molecule is CCCCCCCC/C=C\CCCCCCCC(=O)O.O=C(O)CC(C(=O)O)S(=O)(=O)O.[NaH]. The minimum atomic E-state index is -4.84. The van der Waals surface area contributed by atoms with E-state index in [9.17, 15) is 22.8 Å². The molecule has 0 amide bonds. The van der Waals surface area contributed by atoms with E-state index in [2.05, 4.69) is 19.1 Å². The molecular formula is C22H41NaO9S. The Hall–Kier alpha value is -0.940. The van der Waals surface area contributed by atoms with Gasteiger partial charge in [0, 0.05) is 6.42 Å². The molecule has 0 fully saturated rings. The summed E-state index contributed by atoms with van der Waals surface area (Å²) in [5.41, 5.74) is 0. The van der Waals surface area contributed by atoms with Crippen molar-refractivity contribution in [2.24, 2.45) is 0 Å². The van der Waals surface area contributed by atoms with Crippen molar-refractivity contribution in [2.75, 3.05) is 0 Å². The van der Waals surface area contributed by atoms with Gasteiger partial charge in [-0.2, -0.15) is 8.42 Å². The van der Waals surface area contributed by atoms with Gasteiger partial charge in [0.25, 0.3) is 10.1 Å². The third-order valence-electron chi connectivity index (χ3n) is 4.65. The van der Waals surface area contributed by atoms with E-state index in [1.807, 2.05) is 0 Å². The molecule has 1 atom stereocenters. The summed E-state index contributed by atoms with van der Waals surface area (Å²) < 4.78 is 28.7. The van der Waals surface area contributed by atoms with Gasteiger partial charge in [0.15, 0.2) is 5.25 Å². The quantitative estimate of drug-likeness (QED) is 0.0869. The number of carboxylic acids is 3. The summed E-state index contributed by atoms with van der Waals surface area (Å²) in [6.07, 6.45) is 20.1. The van der Waals surface area contributed by atoms with Crippen LogP contribution in [0.2, 0.25) is 0 Å². The van der Waals surface area contributed by atoms with Gasteiger partial charge >= 0.3 is 47.5 Å². The first-order chi connectivity index (χ1) is 15.0. The molecule has 0 aliphatic rings. The summed E-state index contributed by atoms with van der Waals surface area (Å²) in [7, 11) is -4.84. The Morgan fingerprint density at radius 3 is 1.48 bits per heavy atom. The predicted octanol–water partition coefficient (Wildman–Crippen LogP) is 4.26. The summed E-state index contributed by atoms with van der Waals surface area (Å²) in [5.74, 6) is -4.16. The molecule has 0 radical (unpaired) electrons. The van der Waals surface area contributed by atoms with Gasteiger partial charge in [-0.1, -0.05) is 70.4 Å². The topological polar surface area (TPSA) is 166 Å². The summed E-state index contributed by atoms with van der Waals surface area (Å²) in [6.45, 7) is 2.26. The molecule has 0 saturated carbocycles. The number of unbranched alkanes of at least 4 members (excludes halogenated alkanes) is 11. The zero-order valence-corrected chi connectivity index (χ0v) is 19.9. The van der Waals surface area contributed by atoms with Crippen molar-refractivity contribution >= 4 is 57.6 Å². The molecular weight excluding hydrogens is 463 g/mol. The second kappa shape index (κ2) is 24.2. The molecule has 190 valence electrons. The summed E-state index contributed by atoms with van der Waals surface area (Å²) in [5, 5.41) is 22.4. The number of carbonyl (C=O) groups is 3. The van der Waals surface area contributed by atoms with E-state index in [-0.39, 0.29) is 29.6 Å². The molecule has 0 aromatic carbocycles. The van der Waals surface area contributed by atoms with Gasteiger partial charge in [-0.3, -0.25) is 18.9 Å². The average Bonchev–Trinajstić information content (AvgIpc) is 2.68. The molecule has 0 saturated heterocycles. The number of hydrogen-bond acceptors (Lipinski definition) is 5. The second-order valence-electron chi connectivity index (χ2n) is 7.67. The van der Waals surface area contributed by atoms with Gasteiger partial charge in [0.05, 0.1) is 6.42 Å². The molecule has 0 rings (SSSR count). The Balaban J connectivity index is -0.000000596. The zero-order valence-electron chi connectivity index (χ0n) is 19.1. The number of hydrogen-bond donors (Lipinski definition) is 4. The molecule has 1 unspecified atom stereocenters. The second-order valence-corrected chi connectivity index (χ2v) is 9.27. The van der Waals surface area contributed by atoms with Crippen LogP contribution in [0.1, 0.15) is 103 Å². The van der Waals surface area contributed by atoms with Gasteiger partial charge in [0.1, 0.15) is 0 Å². The van der Waals surface area contributed by atoms with Gasteiger partial charge in [-0.05, 0) is 32.1 Å². The van der Waals surface area contributed by atoms with Crippen LogP contribution in [0.4, 0.5) is 0 Å². The van der Waals surface area contributed by atoms with Crippen LogP contribution >= 0.6 is 0 Å². The molecule has 9 nitrogen and oxygen atoms in total. The molecule has 0 heterocycles. The van der Waals surface area contributed by atoms with E-state index >= 15 is 0 Å². The maximum atomic E-state index is 10.3. The number of carboxylic acid groups (broad SMARTS) is 3. The molecule has 11 heteroatoms. The van der Waals surface area contributed by atoms with Crippen molar-refractivity contribution in [1.82, 2.24) is 0 Å². The van der Waals surface area contributed by atoms with Crippen molar-refractivity contribution in [3.8, 4) is 0 Å². The van der Waals surface area contributed by atoms with Crippen LogP contribution in [0, 0.1) is 0 Å². The Bertz CT molecular complexity index is 648. The van der Waals surface area contributed by atoms with Crippen LogP contribution < -0.4 is 0 Å². The first-order valence-electron chi connectivity index (χ1n) is 11.3. The maximum absolute atomic E-state index is 10.3. The van der Waals surface area contributed by atoms with Crippen LogP contribution in [0.15, 0.2) is 12.2 Å². The first kappa shape index (κ1) is 36.6. The molecule has 0 spiro atoms. The van der Waals surface area contributed by atoms with Crippen LogP contribution in [-0.2, 0) is 24.5 Å². The van der Waals surface area contributed by atoms with Crippen LogP contribution in [0.3, 0.4) is 0 Å². The molecule has 0 aliphatic heterocycles. The van der Waals surface area contributed by atoms with Crippen LogP contribution in [-0.4, -0.2) is 81.0 Å². The fraction of sp³-hybridized carbons (Fsp3) is 0.773. The van der Waals surface area contributed by atoms with Crippen molar-refractivity contribution in [1.29, 1.82) is 0 Å². The monoisotopic (exact) mass is 504 g/mol. The van der Waals surface area contributed by atoms with Crippen LogP contribution in [0.25, 0.3) is 0 Å². The average molecular weight is 505 g/mol. The molecule has 0 aliphatic carbocycles. The summed E-state index contributed by atoms with van der Waals surface area (Å²) >= 11 is 0. The fourth-order valence-corrected chi connectivity index (χ4v) is 3.43. The zero-order chi connectivity index (χ0) is 24.8. The Morgan fingerprint density at radius 2 is 1.15 bits per heavy atom. The molecule has 0 aromatic rings. The van der Waals surface area contributed by atoms with E-state index in [4.69, 9.17) is 19.9 Å². The normalized spacial score (nSPS) is 11.8. The van der Waals surface area contributed by atoms with Gasteiger partial charge in [-0.15, -0.1) is 0 Å². The van der Waals surface area contributed by atoms with E-state index in [0.29, 0.717) is 6.42 Å². The summed E-state index contributed by atoms with van der Waals surface area (Å²) in [4.78, 5) is 30.3.